The van der Waals surface area contributed by atoms with Crippen molar-refractivity contribution in [2.45, 2.75) is 26.3 Å². The minimum Gasteiger partial charge on any atom is -0.383 e. The van der Waals surface area contributed by atoms with E-state index >= 15 is 0 Å². The van der Waals surface area contributed by atoms with E-state index in [0.717, 1.165) is 0 Å². The first-order valence-corrected chi connectivity index (χ1v) is 11.4. The average molecular weight is 532 g/mol. The topological polar surface area (TPSA) is 155 Å². The van der Waals surface area contributed by atoms with Crippen molar-refractivity contribution in [2.24, 2.45) is 5.73 Å². The molecule has 0 radical (unpaired) electrons. The maximum Gasteiger partial charge on any atom is 0.254 e. The summed E-state index contributed by atoms with van der Waals surface area (Å²) < 4.78 is 20.6. The maximum absolute atomic E-state index is 14.0. The summed E-state index contributed by atoms with van der Waals surface area (Å²) in [6.07, 6.45) is 1.39. The van der Waals surface area contributed by atoms with E-state index in [4.69, 9.17) is 39.2 Å². The van der Waals surface area contributed by atoms with Crippen LogP contribution in [0.25, 0.3) is 22.5 Å². The number of halogens is 3. The number of aromatic nitrogens is 4. The Bertz CT molecular complexity index is 1470. The van der Waals surface area contributed by atoms with E-state index in [1.54, 1.807) is 12.1 Å². The van der Waals surface area contributed by atoms with E-state index in [2.05, 4.69) is 20.6 Å². The van der Waals surface area contributed by atoms with E-state index in [9.17, 15) is 14.0 Å². The summed E-state index contributed by atoms with van der Waals surface area (Å²) in [6.45, 7) is 3.75. The Morgan fingerprint density at radius 2 is 1.97 bits per heavy atom. The van der Waals surface area contributed by atoms with Crippen molar-refractivity contribution in [3.8, 4) is 22.5 Å². The minimum absolute atomic E-state index is 0.0406. The first-order valence-electron chi connectivity index (χ1n) is 10.6. The molecule has 0 bridgehead atoms. The van der Waals surface area contributed by atoms with Crippen molar-refractivity contribution >= 4 is 46.7 Å². The van der Waals surface area contributed by atoms with Crippen LogP contribution in [-0.4, -0.2) is 31.7 Å². The number of amides is 2. The SMILES string of the molecule is CC(C)n1nc(-c2ccc(CC(=O)Nc3cc(-c4ccc(Cl)c(F)c4Cl)no3)nc2)c(C(N)=O)c1N. The fourth-order valence-corrected chi connectivity index (χ4v) is 3.95. The van der Waals surface area contributed by atoms with Gasteiger partial charge in [0.1, 0.15) is 22.8 Å². The summed E-state index contributed by atoms with van der Waals surface area (Å²) in [7, 11) is 0. The van der Waals surface area contributed by atoms with Crippen molar-refractivity contribution < 1.29 is 18.5 Å². The van der Waals surface area contributed by atoms with E-state index in [1.165, 1.54) is 29.1 Å². The Labute approximate surface area is 214 Å². The summed E-state index contributed by atoms with van der Waals surface area (Å²) in [5, 5.41) is 10.4. The highest BCUT2D eigenvalue weighted by Crippen LogP contribution is 2.34. The van der Waals surface area contributed by atoms with Gasteiger partial charge in [0.2, 0.25) is 11.8 Å². The lowest BCUT2D eigenvalue weighted by Gasteiger charge is -2.06. The summed E-state index contributed by atoms with van der Waals surface area (Å²) in [6, 6.07) is 7.44. The third kappa shape index (κ3) is 4.88. The molecule has 0 fully saturated rings. The number of nitrogens with one attached hydrogen (secondary N) is 1. The highest BCUT2D eigenvalue weighted by molar-refractivity contribution is 6.36. The number of anilines is 2. The minimum atomic E-state index is -0.777. The van der Waals surface area contributed by atoms with Crippen LogP contribution in [0.3, 0.4) is 0 Å². The maximum atomic E-state index is 14.0. The molecular weight excluding hydrogens is 512 g/mol. The van der Waals surface area contributed by atoms with Gasteiger partial charge in [-0.2, -0.15) is 5.10 Å². The molecule has 0 aliphatic rings. The highest BCUT2D eigenvalue weighted by Gasteiger charge is 2.23. The largest absolute Gasteiger partial charge is 0.383 e. The van der Waals surface area contributed by atoms with Gasteiger partial charge in [0, 0.05) is 35.1 Å². The second-order valence-corrected chi connectivity index (χ2v) is 8.86. The number of nitrogens with zero attached hydrogens (tertiary/aromatic N) is 4. The van der Waals surface area contributed by atoms with Gasteiger partial charge < -0.3 is 16.0 Å². The number of pyridine rings is 1. The summed E-state index contributed by atoms with van der Waals surface area (Å²) in [4.78, 5) is 28.7. The van der Waals surface area contributed by atoms with Gasteiger partial charge in [-0.05, 0) is 38.1 Å². The average Bonchev–Trinajstić information content (AvgIpc) is 3.42. The van der Waals surface area contributed by atoms with Gasteiger partial charge in [-0.15, -0.1) is 0 Å². The summed E-state index contributed by atoms with van der Waals surface area (Å²) in [5.41, 5.74) is 13.4. The number of primary amides is 1. The number of carbonyl (C=O) groups is 2. The fraction of sp³-hybridized carbons (Fsp3) is 0.174. The number of nitrogen functional groups attached to an aromatic ring is 1. The summed E-state index contributed by atoms with van der Waals surface area (Å²) in [5.74, 6) is -1.70. The van der Waals surface area contributed by atoms with Crippen LogP contribution in [0.1, 0.15) is 35.9 Å². The Hall–Kier alpha value is -3.96. The van der Waals surface area contributed by atoms with Crippen LogP contribution < -0.4 is 16.8 Å². The van der Waals surface area contributed by atoms with Gasteiger partial charge in [-0.1, -0.05) is 28.4 Å². The lowest BCUT2D eigenvalue weighted by atomic mass is 10.1. The molecule has 13 heteroatoms. The first-order chi connectivity index (χ1) is 17.1. The van der Waals surface area contributed by atoms with Gasteiger partial charge in [-0.25, -0.2) is 9.07 Å². The second kappa shape index (κ2) is 9.96. The molecule has 2 amide bonds. The second-order valence-electron chi connectivity index (χ2n) is 8.07. The molecule has 0 atom stereocenters. The monoisotopic (exact) mass is 531 g/mol. The molecule has 0 aliphatic carbocycles. The third-order valence-electron chi connectivity index (χ3n) is 5.21. The van der Waals surface area contributed by atoms with Gasteiger partial charge in [0.15, 0.2) is 5.82 Å². The highest BCUT2D eigenvalue weighted by atomic mass is 35.5. The molecule has 4 aromatic rings. The molecule has 5 N–H and O–H groups in total. The predicted molar refractivity (Wildman–Crippen MR) is 133 cm³/mol. The standard InChI is InChI=1S/C23H20Cl2FN7O3/c1-10(2)33-22(27)18(23(28)35)21(31-33)11-3-4-12(29-9-11)7-16(34)30-17-8-15(32-36-17)13-5-6-14(24)20(26)19(13)25/h3-6,8-10H,7,27H2,1-2H3,(H2,28,35)(H,30,34). The molecule has 3 aromatic heterocycles. The van der Waals surface area contributed by atoms with Gasteiger partial charge in [0.05, 0.1) is 16.5 Å². The molecule has 0 unspecified atom stereocenters. The number of rotatable bonds is 7. The lowest BCUT2D eigenvalue weighted by Crippen LogP contribution is -2.15. The molecule has 10 nitrogen and oxygen atoms in total. The Balaban J connectivity index is 1.47. The zero-order valence-corrected chi connectivity index (χ0v) is 20.6. The van der Waals surface area contributed by atoms with E-state index in [-0.39, 0.29) is 51.0 Å². The van der Waals surface area contributed by atoms with Crippen LogP contribution in [-0.2, 0) is 11.2 Å². The van der Waals surface area contributed by atoms with Crippen LogP contribution >= 0.6 is 23.2 Å². The van der Waals surface area contributed by atoms with Gasteiger partial charge >= 0.3 is 0 Å². The predicted octanol–water partition coefficient (Wildman–Crippen LogP) is 4.49. The number of benzene rings is 1. The van der Waals surface area contributed by atoms with Crippen molar-refractivity contribution in [3.05, 3.63) is 63.6 Å². The van der Waals surface area contributed by atoms with Gasteiger partial charge in [-0.3, -0.25) is 19.9 Å². The fourth-order valence-electron chi connectivity index (χ4n) is 3.49. The third-order valence-corrected chi connectivity index (χ3v) is 5.87. The van der Waals surface area contributed by atoms with Crippen LogP contribution in [0.2, 0.25) is 10.0 Å². The number of nitrogens with two attached hydrogens (primary N) is 2. The van der Waals surface area contributed by atoms with Crippen LogP contribution in [0.5, 0.6) is 0 Å². The number of carbonyl (C=O) groups excluding carboxylic acids is 2. The molecule has 0 spiro atoms. The zero-order chi connectivity index (χ0) is 26.1. The molecule has 0 saturated heterocycles. The van der Waals surface area contributed by atoms with Crippen molar-refractivity contribution in [2.75, 3.05) is 11.1 Å². The summed E-state index contributed by atoms with van der Waals surface area (Å²) >= 11 is 11.7. The van der Waals surface area contributed by atoms with Crippen molar-refractivity contribution in [1.82, 2.24) is 19.9 Å². The molecule has 0 saturated carbocycles. The van der Waals surface area contributed by atoms with E-state index in [1.807, 2.05) is 13.8 Å². The van der Waals surface area contributed by atoms with Crippen LogP contribution in [0, 0.1) is 5.82 Å². The normalized spacial score (nSPS) is 11.2. The first kappa shape index (κ1) is 25.1. The lowest BCUT2D eigenvalue weighted by molar-refractivity contribution is -0.115. The van der Waals surface area contributed by atoms with Crippen molar-refractivity contribution in [3.63, 3.8) is 0 Å². The Morgan fingerprint density at radius 3 is 2.61 bits per heavy atom. The molecule has 4 rings (SSSR count). The molecule has 0 aliphatic heterocycles. The number of hydrogen-bond acceptors (Lipinski definition) is 7. The number of hydrogen-bond donors (Lipinski definition) is 3. The van der Waals surface area contributed by atoms with Gasteiger partial charge in [0.25, 0.3) is 5.91 Å². The van der Waals surface area contributed by atoms with E-state index < -0.39 is 17.6 Å². The molecule has 1 aromatic carbocycles. The van der Waals surface area contributed by atoms with E-state index in [0.29, 0.717) is 17.0 Å². The smallest absolute Gasteiger partial charge is 0.254 e. The Kier molecular flexibility index (Phi) is 6.95. The van der Waals surface area contributed by atoms with Crippen molar-refractivity contribution in [1.29, 1.82) is 0 Å². The molecule has 186 valence electrons. The van der Waals surface area contributed by atoms with Crippen LogP contribution in [0.15, 0.2) is 41.1 Å². The molecule has 36 heavy (non-hydrogen) atoms. The molecule has 3 heterocycles. The quantitative estimate of drug-likeness (QED) is 0.296. The van der Waals surface area contributed by atoms with Crippen LogP contribution in [0.4, 0.5) is 16.1 Å². The zero-order valence-electron chi connectivity index (χ0n) is 19.1. The Morgan fingerprint density at radius 1 is 1.22 bits per heavy atom. The molecular formula is C23H20Cl2FN7O3.